The minimum atomic E-state index is 0.0813. The molecular formula is C15H20N4O. The van der Waals surface area contributed by atoms with Crippen LogP contribution in [0.3, 0.4) is 0 Å². The van der Waals surface area contributed by atoms with Gasteiger partial charge in [-0.2, -0.15) is 0 Å². The Morgan fingerprint density at radius 3 is 3.00 bits per heavy atom. The van der Waals surface area contributed by atoms with Gasteiger partial charge in [-0.1, -0.05) is 13.0 Å². The molecule has 0 aromatic carbocycles. The van der Waals surface area contributed by atoms with Crippen LogP contribution in [0.1, 0.15) is 37.8 Å². The van der Waals surface area contributed by atoms with Gasteiger partial charge in [0.05, 0.1) is 6.54 Å². The molecule has 0 amide bonds. The van der Waals surface area contributed by atoms with Gasteiger partial charge in [0, 0.05) is 36.7 Å². The topological polar surface area (TPSA) is 51.9 Å². The lowest BCUT2D eigenvalue weighted by molar-refractivity contribution is 0.656. The zero-order chi connectivity index (χ0) is 13.9. The minimum Gasteiger partial charge on any atom is -0.370 e. The van der Waals surface area contributed by atoms with E-state index in [1.807, 2.05) is 29.1 Å². The molecule has 1 aliphatic rings. The highest BCUT2D eigenvalue weighted by atomic mass is 16.1. The van der Waals surface area contributed by atoms with E-state index in [4.69, 9.17) is 0 Å². The van der Waals surface area contributed by atoms with Crippen molar-refractivity contribution in [2.24, 2.45) is 0 Å². The maximum Gasteiger partial charge on any atom is 0.328 e. The second kappa shape index (κ2) is 5.53. The Balaban J connectivity index is 1.82. The quantitative estimate of drug-likeness (QED) is 0.877. The summed E-state index contributed by atoms with van der Waals surface area (Å²) in [6, 6.07) is 4.36. The first-order valence-electron chi connectivity index (χ1n) is 7.24. The van der Waals surface area contributed by atoms with Crippen molar-refractivity contribution in [3.63, 3.8) is 0 Å². The largest absolute Gasteiger partial charge is 0.370 e. The second-order valence-electron chi connectivity index (χ2n) is 5.28. The maximum atomic E-state index is 12.3. The van der Waals surface area contributed by atoms with E-state index >= 15 is 0 Å². The fourth-order valence-electron chi connectivity index (χ4n) is 2.33. The van der Waals surface area contributed by atoms with Crippen molar-refractivity contribution in [1.29, 1.82) is 0 Å². The molecule has 0 spiro atoms. The average molecular weight is 272 g/mol. The standard InChI is InChI=1S/C15H20N4O/c1-2-7-16-14-12(4-3-8-17-14)11-18-9-10-19(15(18)20)13-5-6-13/h3-4,8-10,13H,2,5-7,11H2,1H3,(H,16,17). The number of aromatic nitrogens is 3. The van der Waals surface area contributed by atoms with Gasteiger partial charge in [-0.3, -0.25) is 9.13 Å². The number of pyridine rings is 1. The lowest BCUT2D eigenvalue weighted by atomic mass is 10.2. The third-order valence-corrected chi connectivity index (χ3v) is 3.59. The molecular weight excluding hydrogens is 252 g/mol. The predicted molar refractivity (Wildman–Crippen MR) is 79.1 cm³/mol. The number of nitrogens with zero attached hydrogens (tertiary/aromatic N) is 3. The first kappa shape index (κ1) is 13.0. The zero-order valence-corrected chi connectivity index (χ0v) is 11.7. The van der Waals surface area contributed by atoms with Gasteiger partial charge in [-0.25, -0.2) is 9.78 Å². The Morgan fingerprint density at radius 1 is 1.40 bits per heavy atom. The van der Waals surface area contributed by atoms with E-state index < -0.39 is 0 Å². The predicted octanol–water partition coefficient (Wildman–Crippen LogP) is 2.25. The fraction of sp³-hybridized carbons (Fsp3) is 0.467. The van der Waals surface area contributed by atoms with Crippen molar-refractivity contribution >= 4 is 5.82 Å². The number of anilines is 1. The molecule has 0 aliphatic heterocycles. The summed E-state index contributed by atoms with van der Waals surface area (Å²) in [7, 11) is 0. The summed E-state index contributed by atoms with van der Waals surface area (Å²) in [5.41, 5.74) is 1.13. The third kappa shape index (κ3) is 2.61. The molecule has 1 fully saturated rings. The van der Waals surface area contributed by atoms with Gasteiger partial charge in [0.15, 0.2) is 0 Å². The number of imidazole rings is 1. The van der Waals surface area contributed by atoms with Crippen LogP contribution in [0.4, 0.5) is 5.82 Å². The normalized spacial score (nSPS) is 14.4. The van der Waals surface area contributed by atoms with E-state index in [1.165, 1.54) is 0 Å². The minimum absolute atomic E-state index is 0.0813. The summed E-state index contributed by atoms with van der Waals surface area (Å²) in [4.78, 5) is 16.6. The second-order valence-corrected chi connectivity index (χ2v) is 5.28. The summed E-state index contributed by atoms with van der Waals surface area (Å²) in [5, 5.41) is 3.31. The van der Waals surface area contributed by atoms with Crippen LogP contribution in [0, 0.1) is 0 Å². The lowest BCUT2D eigenvalue weighted by Gasteiger charge is -2.10. The van der Waals surface area contributed by atoms with Gasteiger partial charge in [-0.15, -0.1) is 0 Å². The smallest absolute Gasteiger partial charge is 0.328 e. The van der Waals surface area contributed by atoms with Gasteiger partial charge in [0.1, 0.15) is 5.82 Å². The number of hydrogen-bond donors (Lipinski definition) is 1. The molecule has 2 aromatic heterocycles. The zero-order valence-electron chi connectivity index (χ0n) is 11.7. The molecule has 1 saturated carbocycles. The molecule has 3 rings (SSSR count). The molecule has 1 N–H and O–H groups in total. The monoisotopic (exact) mass is 272 g/mol. The van der Waals surface area contributed by atoms with Crippen molar-refractivity contribution in [1.82, 2.24) is 14.1 Å². The fourth-order valence-corrected chi connectivity index (χ4v) is 2.33. The average Bonchev–Trinajstić information content (AvgIpc) is 3.24. The van der Waals surface area contributed by atoms with Crippen molar-refractivity contribution in [2.45, 2.75) is 38.8 Å². The Bertz CT molecular complexity index is 639. The highest BCUT2D eigenvalue weighted by molar-refractivity contribution is 5.43. The van der Waals surface area contributed by atoms with Crippen LogP contribution in [0.15, 0.2) is 35.5 Å². The van der Waals surface area contributed by atoms with Crippen LogP contribution in [-0.4, -0.2) is 20.7 Å². The molecule has 1 aliphatic carbocycles. The molecule has 0 saturated heterocycles. The van der Waals surface area contributed by atoms with E-state index in [2.05, 4.69) is 17.2 Å². The lowest BCUT2D eigenvalue weighted by Crippen LogP contribution is -2.24. The number of rotatable bonds is 6. The van der Waals surface area contributed by atoms with Crippen LogP contribution < -0.4 is 11.0 Å². The molecule has 2 heterocycles. The van der Waals surface area contributed by atoms with Crippen LogP contribution >= 0.6 is 0 Å². The highest BCUT2D eigenvalue weighted by Gasteiger charge is 2.25. The van der Waals surface area contributed by atoms with E-state index in [0.29, 0.717) is 12.6 Å². The van der Waals surface area contributed by atoms with Crippen LogP contribution in [-0.2, 0) is 6.54 Å². The molecule has 0 radical (unpaired) electrons. The van der Waals surface area contributed by atoms with E-state index in [9.17, 15) is 4.79 Å². The molecule has 106 valence electrons. The highest BCUT2D eigenvalue weighted by Crippen LogP contribution is 2.33. The first-order chi connectivity index (χ1) is 9.79. The summed E-state index contributed by atoms with van der Waals surface area (Å²) in [6.45, 7) is 3.58. The Morgan fingerprint density at radius 2 is 2.25 bits per heavy atom. The summed E-state index contributed by atoms with van der Waals surface area (Å²) in [5.74, 6) is 0.875. The van der Waals surface area contributed by atoms with Crippen molar-refractivity contribution in [2.75, 3.05) is 11.9 Å². The van der Waals surface area contributed by atoms with E-state index in [1.54, 1.807) is 10.8 Å². The van der Waals surface area contributed by atoms with Crippen LogP contribution in [0.25, 0.3) is 0 Å². The molecule has 0 atom stereocenters. The van der Waals surface area contributed by atoms with Crippen molar-refractivity contribution in [3.8, 4) is 0 Å². The summed E-state index contributed by atoms with van der Waals surface area (Å²) >= 11 is 0. The Kier molecular flexibility index (Phi) is 3.58. The van der Waals surface area contributed by atoms with Gasteiger partial charge in [0.2, 0.25) is 0 Å². The van der Waals surface area contributed by atoms with Crippen LogP contribution in [0.2, 0.25) is 0 Å². The molecule has 0 bridgehead atoms. The van der Waals surface area contributed by atoms with Gasteiger partial charge in [-0.05, 0) is 25.3 Å². The molecule has 20 heavy (non-hydrogen) atoms. The van der Waals surface area contributed by atoms with Crippen molar-refractivity contribution < 1.29 is 0 Å². The SMILES string of the molecule is CCCNc1ncccc1Cn1ccn(C2CC2)c1=O. The Labute approximate surface area is 118 Å². The molecule has 0 unspecified atom stereocenters. The molecule has 5 heteroatoms. The maximum absolute atomic E-state index is 12.3. The first-order valence-corrected chi connectivity index (χ1v) is 7.24. The van der Waals surface area contributed by atoms with E-state index in [-0.39, 0.29) is 5.69 Å². The van der Waals surface area contributed by atoms with Gasteiger partial charge < -0.3 is 5.32 Å². The van der Waals surface area contributed by atoms with E-state index in [0.717, 1.165) is 37.2 Å². The molecule has 5 nitrogen and oxygen atoms in total. The van der Waals surface area contributed by atoms with Gasteiger partial charge >= 0.3 is 5.69 Å². The summed E-state index contributed by atoms with van der Waals surface area (Å²) < 4.78 is 3.60. The third-order valence-electron chi connectivity index (χ3n) is 3.59. The van der Waals surface area contributed by atoms with Gasteiger partial charge in [0.25, 0.3) is 0 Å². The van der Waals surface area contributed by atoms with Crippen LogP contribution in [0.5, 0.6) is 0 Å². The summed E-state index contributed by atoms with van der Waals surface area (Å²) in [6.07, 6.45) is 8.85. The number of nitrogens with one attached hydrogen (secondary N) is 1. The Hall–Kier alpha value is -2.04. The van der Waals surface area contributed by atoms with Crippen molar-refractivity contribution in [3.05, 3.63) is 46.8 Å². The molecule has 2 aromatic rings. The number of hydrogen-bond acceptors (Lipinski definition) is 3.